The van der Waals surface area contributed by atoms with Gasteiger partial charge in [0.15, 0.2) is 0 Å². The summed E-state index contributed by atoms with van der Waals surface area (Å²) in [4.78, 5) is 17.2. The lowest BCUT2D eigenvalue weighted by molar-refractivity contribution is 0.193. The van der Waals surface area contributed by atoms with E-state index in [1.54, 1.807) is 0 Å². The second-order valence-corrected chi connectivity index (χ2v) is 11.7. The van der Waals surface area contributed by atoms with Crippen molar-refractivity contribution in [3.05, 3.63) is 0 Å². The minimum Gasteiger partial charge on any atom is -0.371 e. The molecule has 0 heterocycles. The second kappa shape index (κ2) is 25.4. The van der Waals surface area contributed by atoms with Gasteiger partial charge in [0.25, 0.3) is 0 Å². The Labute approximate surface area is 215 Å². The first-order chi connectivity index (χ1) is 15.9. The maximum Gasteiger partial charge on any atom is 0.469 e. The monoisotopic (exact) mass is 525 g/mol. The molecule has 0 bridgehead atoms. The fourth-order valence-electron chi connectivity index (χ4n) is 4.14. The number of hydrogen-bond donors (Lipinski definition) is 4. The molecule has 8 heteroatoms. The first-order valence-electron chi connectivity index (χ1n) is 13.6. The Morgan fingerprint density at radius 2 is 0.879 bits per heavy atom. The van der Waals surface area contributed by atoms with E-state index >= 15 is 0 Å². The van der Waals surface area contributed by atoms with E-state index in [1.165, 1.54) is 122 Å². The van der Waals surface area contributed by atoms with Gasteiger partial charge in [0.1, 0.15) is 4.32 Å². The van der Waals surface area contributed by atoms with Gasteiger partial charge < -0.3 is 15.1 Å². The molecule has 3 N–H and O–H groups in total. The van der Waals surface area contributed by atoms with Crippen molar-refractivity contribution < 1.29 is 18.9 Å². The number of rotatable bonds is 26. The molecular formula is C25H52NO4PS2. The number of hydrogen-bond acceptors (Lipinski definition) is 3. The van der Waals surface area contributed by atoms with Gasteiger partial charge in [-0.25, -0.2) is 4.57 Å². The van der Waals surface area contributed by atoms with Crippen molar-refractivity contribution in [3.63, 3.8) is 0 Å². The summed E-state index contributed by atoms with van der Waals surface area (Å²) in [6.07, 6.45) is 28.7. The molecule has 0 aromatic rings. The summed E-state index contributed by atoms with van der Waals surface area (Å²) in [5.41, 5.74) is 0. The van der Waals surface area contributed by atoms with Gasteiger partial charge in [0.05, 0.1) is 6.61 Å². The van der Waals surface area contributed by atoms with Crippen LogP contribution in [0.3, 0.4) is 0 Å². The Kier molecular flexibility index (Phi) is 25.7. The maximum atomic E-state index is 10.5. The van der Waals surface area contributed by atoms with Crippen LogP contribution in [0.25, 0.3) is 0 Å². The van der Waals surface area contributed by atoms with Gasteiger partial charge in [-0.15, -0.1) is 12.6 Å². The predicted molar refractivity (Wildman–Crippen MR) is 149 cm³/mol. The second-order valence-electron chi connectivity index (χ2n) is 9.33. The highest BCUT2D eigenvalue weighted by atomic mass is 32.1. The van der Waals surface area contributed by atoms with Gasteiger partial charge in [-0.1, -0.05) is 141 Å². The van der Waals surface area contributed by atoms with Crippen LogP contribution in [-0.4, -0.2) is 27.3 Å². The zero-order chi connectivity index (χ0) is 24.5. The van der Waals surface area contributed by atoms with E-state index in [-0.39, 0.29) is 6.61 Å². The topological polar surface area (TPSA) is 78.8 Å². The van der Waals surface area contributed by atoms with Crippen LogP contribution in [0, 0.1) is 0 Å². The fourth-order valence-corrected chi connectivity index (χ4v) is 4.72. The minimum atomic E-state index is -4.27. The number of nitrogens with one attached hydrogen (secondary N) is 1. The number of thiol groups is 1. The summed E-state index contributed by atoms with van der Waals surface area (Å²) in [6, 6.07) is 0. The van der Waals surface area contributed by atoms with Crippen molar-refractivity contribution in [1.82, 2.24) is 5.32 Å². The molecular weight excluding hydrogens is 473 g/mol. The van der Waals surface area contributed by atoms with E-state index < -0.39 is 7.82 Å². The smallest absolute Gasteiger partial charge is 0.371 e. The number of phosphoric acid groups is 1. The minimum absolute atomic E-state index is 0.164. The summed E-state index contributed by atoms with van der Waals surface area (Å²) in [7, 11) is -4.27. The Balaban J connectivity index is 3.05. The molecule has 0 unspecified atom stereocenters. The van der Waals surface area contributed by atoms with Crippen molar-refractivity contribution in [2.75, 3.05) is 13.2 Å². The van der Waals surface area contributed by atoms with Crippen molar-refractivity contribution in [3.8, 4) is 0 Å². The fraction of sp³-hybridized carbons (Fsp3) is 0.960. The SMILES string of the molecule is O=P(O)(O)OCCCCCCCCCCCCCCCCCCCCCCCCNC(=S)S. The zero-order valence-electron chi connectivity index (χ0n) is 21.0. The van der Waals surface area contributed by atoms with Crippen LogP contribution in [0.4, 0.5) is 0 Å². The Bertz CT molecular complexity index is 477. The summed E-state index contributed by atoms with van der Waals surface area (Å²) in [6.45, 7) is 1.13. The van der Waals surface area contributed by atoms with Crippen molar-refractivity contribution in [1.29, 1.82) is 0 Å². The Morgan fingerprint density at radius 1 is 0.606 bits per heavy atom. The van der Waals surface area contributed by atoms with Crippen LogP contribution in [0.15, 0.2) is 0 Å². The van der Waals surface area contributed by atoms with Crippen LogP contribution in [0.2, 0.25) is 0 Å². The van der Waals surface area contributed by atoms with Crippen molar-refractivity contribution >= 4 is 37.0 Å². The van der Waals surface area contributed by atoms with Gasteiger partial charge in [0.2, 0.25) is 0 Å². The highest BCUT2D eigenvalue weighted by molar-refractivity contribution is 8.11. The molecule has 0 radical (unpaired) electrons. The molecule has 0 rings (SSSR count). The molecule has 0 aliphatic carbocycles. The average molecular weight is 526 g/mol. The molecule has 5 nitrogen and oxygen atoms in total. The molecule has 0 aliphatic rings. The number of phosphoric ester groups is 1. The predicted octanol–water partition coefficient (Wildman–Crippen LogP) is 8.48. The Morgan fingerprint density at radius 3 is 1.15 bits per heavy atom. The van der Waals surface area contributed by atoms with Gasteiger partial charge in [-0.3, -0.25) is 4.52 Å². The van der Waals surface area contributed by atoms with E-state index in [4.69, 9.17) is 22.0 Å². The van der Waals surface area contributed by atoms with Crippen LogP contribution >= 0.6 is 32.7 Å². The first kappa shape index (κ1) is 33.4. The first-order valence-corrected chi connectivity index (χ1v) is 16.0. The maximum absolute atomic E-state index is 10.5. The van der Waals surface area contributed by atoms with Crippen LogP contribution < -0.4 is 5.32 Å². The van der Waals surface area contributed by atoms with E-state index in [0.717, 1.165) is 25.8 Å². The summed E-state index contributed by atoms with van der Waals surface area (Å²) in [5, 5.41) is 3.09. The molecule has 0 saturated heterocycles. The highest BCUT2D eigenvalue weighted by Crippen LogP contribution is 2.35. The van der Waals surface area contributed by atoms with Gasteiger partial charge >= 0.3 is 7.82 Å². The van der Waals surface area contributed by atoms with Crippen LogP contribution in [0.5, 0.6) is 0 Å². The molecule has 33 heavy (non-hydrogen) atoms. The third-order valence-electron chi connectivity index (χ3n) is 6.11. The zero-order valence-corrected chi connectivity index (χ0v) is 23.6. The lowest BCUT2D eigenvalue weighted by Crippen LogP contribution is -2.17. The average Bonchev–Trinajstić information content (AvgIpc) is 2.75. The molecule has 198 valence electrons. The van der Waals surface area contributed by atoms with Gasteiger partial charge in [-0.05, 0) is 12.8 Å². The van der Waals surface area contributed by atoms with E-state index in [0.29, 0.717) is 4.32 Å². The van der Waals surface area contributed by atoms with E-state index in [2.05, 4.69) is 22.5 Å². The van der Waals surface area contributed by atoms with E-state index in [1.807, 2.05) is 0 Å². The lowest BCUT2D eigenvalue weighted by Gasteiger charge is -2.05. The highest BCUT2D eigenvalue weighted by Gasteiger charge is 2.12. The van der Waals surface area contributed by atoms with Gasteiger partial charge in [0, 0.05) is 6.54 Å². The van der Waals surface area contributed by atoms with E-state index in [9.17, 15) is 4.57 Å². The quantitative estimate of drug-likeness (QED) is 0.0392. The third kappa shape index (κ3) is 32.4. The Hall–Kier alpha value is 0.350. The molecule has 0 saturated carbocycles. The summed E-state index contributed by atoms with van der Waals surface area (Å²) >= 11 is 8.94. The molecule has 0 aromatic carbocycles. The molecule has 0 amide bonds. The lowest BCUT2D eigenvalue weighted by atomic mass is 10.0. The third-order valence-corrected chi connectivity index (χ3v) is 6.93. The van der Waals surface area contributed by atoms with Crippen molar-refractivity contribution in [2.24, 2.45) is 0 Å². The normalized spacial score (nSPS) is 11.7. The van der Waals surface area contributed by atoms with Gasteiger partial charge in [-0.2, -0.15) is 0 Å². The molecule has 0 spiro atoms. The largest absolute Gasteiger partial charge is 0.469 e. The number of unbranched alkanes of at least 4 members (excludes halogenated alkanes) is 21. The molecule has 0 aromatic heterocycles. The van der Waals surface area contributed by atoms with Crippen LogP contribution in [0.1, 0.15) is 141 Å². The molecule has 0 fully saturated rings. The molecule has 0 atom stereocenters. The summed E-state index contributed by atoms with van der Waals surface area (Å²) < 4.78 is 15.6. The number of thiocarbonyl (C=S) groups is 1. The standard InChI is InChI=1S/C25H52NO4PS2/c27-31(28,29)30-24-22-20-18-16-14-12-10-8-6-4-2-1-3-5-7-9-11-13-15-17-19-21-23-26-25(32)33/h1-24H2,(H2,26,32,33)(H2,27,28,29). The van der Waals surface area contributed by atoms with Crippen molar-refractivity contribution in [2.45, 2.75) is 141 Å². The molecule has 0 aliphatic heterocycles. The summed E-state index contributed by atoms with van der Waals surface area (Å²) in [5.74, 6) is 0. The van der Waals surface area contributed by atoms with Crippen LogP contribution in [-0.2, 0) is 9.09 Å².